The Morgan fingerprint density at radius 3 is 2.27 bits per heavy atom. The van der Waals surface area contributed by atoms with Crippen LogP contribution in [0.5, 0.6) is 0 Å². The normalized spacial score (nSPS) is 13.5. The first-order valence-corrected chi connectivity index (χ1v) is 4.56. The smallest absolute Gasteiger partial charge is 0.289 e. The maximum absolute atomic E-state index is 10.2. The van der Waals surface area contributed by atoms with Gasteiger partial charge in [0.15, 0.2) is 0 Å². The number of nitrogens with one attached hydrogen (secondary N) is 1. The summed E-state index contributed by atoms with van der Waals surface area (Å²) in [5, 5.41) is 2.72. The lowest BCUT2D eigenvalue weighted by Crippen LogP contribution is -2.43. The summed E-state index contributed by atoms with van der Waals surface area (Å²) in [6.07, 6.45) is 0. The van der Waals surface area contributed by atoms with Crippen LogP contribution in [0.2, 0.25) is 0 Å². The largest absolute Gasteiger partial charge is 0.399 e. The Morgan fingerprint density at radius 2 is 2.00 bits per heavy atom. The number of hydrogen-bond donors (Lipinski definition) is 2. The van der Waals surface area contributed by atoms with E-state index in [9.17, 15) is 8.42 Å². The first-order chi connectivity index (χ1) is 4.77. The topological polar surface area (TPSA) is 75.6 Å². The van der Waals surface area contributed by atoms with Crippen LogP contribution in [0.1, 0.15) is 20.8 Å². The van der Waals surface area contributed by atoms with E-state index in [2.05, 4.69) is 9.50 Å². The van der Waals surface area contributed by atoms with Crippen molar-refractivity contribution in [1.82, 2.24) is 5.32 Å². The highest BCUT2D eigenvalue weighted by Gasteiger charge is 2.23. The molecule has 0 aromatic carbocycles. The van der Waals surface area contributed by atoms with Crippen molar-refractivity contribution < 1.29 is 17.2 Å². The Morgan fingerprint density at radius 1 is 1.55 bits per heavy atom. The van der Waals surface area contributed by atoms with E-state index < -0.39 is 16.1 Å². The molecule has 0 aliphatic carbocycles. The van der Waals surface area contributed by atoms with E-state index in [4.69, 9.17) is 4.55 Å². The van der Waals surface area contributed by atoms with Gasteiger partial charge in [-0.2, -0.15) is 8.42 Å². The quantitative estimate of drug-likeness (QED) is 0.479. The highest BCUT2D eigenvalue weighted by atomic mass is 32.3. The number of rotatable bonds is 4. The van der Waals surface area contributed by atoms with Crippen molar-refractivity contribution in [2.24, 2.45) is 0 Å². The van der Waals surface area contributed by atoms with Crippen molar-refractivity contribution in [2.45, 2.75) is 26.5 Å². The minimum atomic E-state index is -4.37. The fraction of sp³-hybridized carbons (Fsp3) is 1.00. The van der Waals surface area contributed by atoms with Crippen LogP contribution in [0.25, 0.3) is 0 Å². The molecule has 0 atom stereocenters. The molecule has 0 aromatic heterocycles. The fourth-order valence-corrected chi connectivity index (χ4v) is 1.30. The summed E-state index contributed by atoms with van der Waals surface area (Å²) in [5.41, 5.74) is -1.05. The van der Waals surface area contributed by atoms with Gasteiger partial charge < -0.3 is 0 Å². The highest BCUT2D eigenvalue weighted by molar-refractivity contribution is 7.80. The van der Waals surface area contributed by atoms with Crippen LogP contribution in [0.4, 0.5) is 0 Å². The molecule has 0 saturated heterocycles. The van der Waals surface area contributed by atoms with Gasteiger partial charge in [-0.25, -0.2) is 4.18 Å². The average Bonchev–Trinajstić information content (AvgIpc) is 1.55. The average molecular weight is 183 g/mol. The van der Waals surface area contributed by atoms with Gasteiger partial charge in [0, 0.05) is 0 Å². The summed E-state index contributed by atoms with van der Waals surface area (Å²) in [7, 11) is -4.37. The van der Waals surface area contributed by atoms with Crippen LogP contribution in [-0.2, 0) is 14.6 Å². The van der Waals surface area contributed by atoms with Crippen molar-refractivity contribution in [3.63, 3.8) is 0 Å². The Balaban J connectivity index is 4.13. The molecule has 2 N–H and O–H groups in total. The van der Waals surface area contributed by atoms with E-state index in [-0.39, 0.29) is 0 Å². The first-order valence-electron chi connectivity index (χ1n) is 3.20. The minimum Gasteiger partial charge on any atom is -0.289 e. The van der Waals surface area contributed by atoms with Gasteiger partial charge in [-0.3, -0.25) is 9.87 Å². The number of hydrogen-bond acceptors (Lipinski definition) is 4. The van der Waals surface area contributed by atoms with Gasteiger partial charge in [0.1, 0.15) is 5.72 Å². The van der Waals surface area contributed by atoms with Crippen molar-refractivity contribution in [3.8, 4) is 0 Å². The highest BCUT2D eigenvalue weighted by Crippen LogP contribution is 2.06. The molecule has 0 aliphatic rings. The summed E-state index contributed by atoms with van der Waals surface area (Å²) in [6, 6.07) is 0. The van der Waals surface area contributed by atoms with Crippen LogP contribution in [-0.4, -0.2) is 25.2 Å². The molecular formula is C5H13NO4S. The predicted octanol–water partition coefficient (Wildman–Crippen LogP) is 0.151. The fourth-order valence-electron chi connectivity index (χ4n) is 0.718. The Hall–Kier alpha value is -0.170. The van der Waals surface area contributed by atoms with Crippen molar-refractivity contribution in [2.75, 3.05) is 6.54 Å². The zero-order valence-electron chi connectivity index (χ0n) is 6.79. The lowest BCUT2D eigenvalue weighted by atomic mass is 10.3. The van der Waals surface area contributed by atoms with E-state index in [1.165, 1.54) is 13.8 Å². The molecule has 5 nitrogen and oxygen atoms in total. The van der Waals surface area contributed by atoms with Gasteiger partial charge in [-0.1, -0.05) is 6.92 Å². The molecule has 0 radical (unpaired) electrons. The van der Waals surface area contributed by atoms with E-state index in [0.29, 0.717) is 6.54 Å². The lowest BCUT2D eigenvalue weighted by Gasteiger charge is -2.22. The third-order valence-electron chi connectivity index (χ3n) is 0.916. The molecule has 0 unspecified atom stereocenters. The first kappa shape index (κ1) is 10.8. The summed E-state index contributed by atoms with van der Waals surface area (Å²) in [5.74, 6) is 0. The van der Waals surface area contributed by atoms with Crippen LogP contribution < -0.4 is 5.32 Å². The Labute approximate surface area is 66.7 Å². The van der Waals surface area contributed by atoms with E-state index in [1.54, 1.807) is 6.92 Å². The van der Waals surface area contributed by atoms with Crippen molar-refractivity contribution in [3.05, 3.63) is 0 Å². The molecule has 11 heavy (non-hydrogen) atoms. The molecular weight excluding hydrogens is 170 g/mol. The van der Waals surface area contributed by atoms with Gasteiger partial charge in [0.25, 0.3) is 0 Å². The SMILES string of the molecule is CCNC(C)(C)OS(=O)(=O)O. The maximum atomic E-state index is 10.2. The van der Waals surface area contributed by atoms with E-state index in [0.717, 1.165) is 0 Å². The predicted molar refractivity (Wildman–Crippen MR) is 40.4 cm³/mol. The molecule has 6 heteroatoms. The van der Waals surface area contributed by atoms with Crippen LogP contribution in [0, 0.1) is 0 Å². The summed E-state index contributed by atoms with van der Waals surface area (Å²) >= 11 is 0. The van der Waals surface area contributed by atoms with Crippen LogP contribution in [0.3, 0.4) is 0 Å². The third-order valence-corrected chi connectivity index (χ3v) is 1.54. The summed E-state index contributed by atoms with van der Waals surface area (Å²) in [6.45, 7) is 5.37. The molecule has 0 saturated carbocycles. The summed E-state index contributed by atoms with van der Waals surface area (Å²) in [4.78, 5) is 0. The monoisotopic (exact) mass is 183 g/mol. The summed E-state index contributed by atoms with van der Waals surface area (Å²) < 4.78 is 33.0. The zero-order chi connectivity index (χ0) is 9.12. The van der Waals surface area contributed by atoms with Gasteiger partial charge in [-0.05, 0) is 20.4 Å². The van der Waals surface area contributed by atoms with E-state index in [1.807, 2.05) is 0 Å². The van der Waals surface area contributed by atoms with Gasteiger partial charge in [-0.15, -0.1) is 0 Å². The maximum Gasteiger partial charge on any atom is 0.399 e. The molecule has 0 fully saturated rings. The van der Waals surface area contributed by atoms with E-state index >= 15 is 0 Å². The van der Waals surface area contributed by atoms with Crippen molar-refractivity contribution in [1.29, 1.82) is 0 Å². The van der Waals surface area contributed by atoms with Gasteiger partial charge in [0.05, 0.1) is 0 Å². The Kier molecular flexibility index (Phi) is 3.43. The minimum absolute atomic E-state index is 0.558. The molecule has 0 spiro atoms. The second-order valence-electron chi connectivity index (χ2n) is 2.55. The molecule has 0 bridgehead atoms. The standard InChI is InChI=1S/C5H13NO4S/c1-4-6-5(2,3)10-11(7,8)9/h6H,4H2,1-3H3,(H,7,8,9). The molecule has 0 aromatic rings. The second-order valence-corrected chi connectivity index (χ2v) is 3.57. The van der Waals surface area contributed by atoms with Crippen LogP contribution in [0.15, 0.2) is 0 Å². The lowest BCUT2D eigenvalue weighted by molar-refractivity contribution is 0.0668. The zero-order valence-corrected chi connectivity index (χ0v) is 7.60. The van der Waals surface area contributed by atoms with Gasteiger partial charge >= 0.3 is 10.4 Å². The molecule has 0 heterocycles. The Bertz CT molecular complexity index is 209. The molecule has 0 rings (SSSR count). The molecule has 0 aliphatic heterocycles. The molecule has 0 amide bonds. The van der Waals surface area contributed by atoms with Gasteiger partial charge in [0.2, 0.25) is 0 Å². The second kappa shape index (κ2) is 3.48. The molecule has 68 valence electrons. The third kappa shape index (κ3) is 6.24. The van der Waals surface area contributed by atoms with Crippen LogP contribution >= 0.6 is 0 Å². The van der Waals surface area contributed by atoms with Crippen molar-refractivity contribution >= 4 is 10.4 Å².